The van der Waals surface area contributed by atoms with E-state index >= 15 is 0 Å². The average molecular weight is 417 g/mol. The van der Waals surface area contributed by atoms with Crippen LogP contribution in [0.15, 0.2) is 59.8 Å². The quantitative estimate of drug-likeness (QED) is 0.499. The first kappa shape index (κ1) is 20.3. The van der Waals surface area contributed by atoms with Crippen molar-refractivity contribution < 1.29 is 9.53 Å². The number of fused-ring (bicyclic) bond motifs is 1. The molecular formula is C23H23N5O3. The number of nitrogens with zero attached hydrogens (tertiary/aromatic N) is 3. The number of ether oxygens (including phenoxy) is 1. The third kappa shape index (κ3) is 4.18. The van der Waals surface area contributed by atoms with Crippen molar-refractivity contribution in [3.8, 4) is 11.4 Å². The molecule has 1 amide bonds. The van der Waals surface area contributed by atoms with Gasteiger partial charge in [-0.05, 0) is 42.2 Å². The number of amides is 1. The molecule has 0 spiro atoms. The molecule has 8 nitrogen and oxygen atoms in total. The molecule has 2 N–H and O–H groups in total. The Balaban J connectivity index is 1.54. The Morgan fingerprint density at radius 1 is 1.23 bits per heavy atom. The number of para-hydroxylation sites is 2. The van der Waals surface area contributed by atoms with Crippen molar-refractivity contribution in [1.29, 1.82) is 0 Å². The summed E-state index contributed by atoms with van der Waals surface area (Å²) in [6, 6.07) is 13.2. The molecule has 158 valence electrons. The molecule has 0 aliphatic rings. The summed E-state index contributed by atoms with van der Waals surface area (Å²) in [7, 11) is 0. The van der Waals surface area contributed by atoms with Gasteiger partial charge in [-0.15, -0.1) is 0 Å². The molecule has 0 fully saturated rings. The first-order valence-electron chi connectivity index (χ1n) is 9.98. The summed E-state index contributed by atoms with van der Waals surface area (Å²) >= 11 is 0. The Kier molecular flexibility index (Phi) is 5.53. The van der Waals surface area contributed by atoms with E-state index in [0.717, 1.165) is 11.1 Å². The van der Waals surface area contributed by atoms with Crippen molar-refractivity contribution in [2.24, 2.45) is 0 Å². The SMILES string of the molecule is Cc1ccc(C(C)C)cc1OCC(=O)Nc1ccccc1-n1ncc2c(=O)[nH]cnc21. The largest absolute Gasteiger partial charge is 0.483 e. The number of carbonyl (C=O) groups is 1. The van der Waals surface area contributed by atoms with Crippen LogP contribution in [0.1, 0.15) is 30.9 Å². The zero-order valence-corrected chi connectivity index (χ0v) is 17.5. The lowest BCUT2D eigenvalue weighted by Crippen LogP contribution is -2.21. The first-order chi connectivity index (χ1) is 14.9. The van der Waals surface area contributed by atoms with Crippen molar-refractivity contribution in [2.75, 3.05) is 11.9 Å². The van der Waals surface area contributed by atoms with Gasteiger partial charge in [0.25, 0.3) is 11.5 Å². The van der Waals surface area contributed by atoms with Crippen LogP contribution in [-0.4, -0.2) is 32.3 Å². The molecule has 0 atom stereocenters. The van der Waals surface area contributed by atoms with E-state index in [1.165, 1.54) is 17.2 Å². The van der Waals surface area contributed by atoms with Gasteiger partial charge in [-0.25, -0.2) is 9.67 Å². The summed E-state index contributed by atoms with van der Waals surface area (Å²) < 4.78 is 7.31. The van der Waals surface area contributed by atoms with Crippen LogP contribution in [0.4, 0.5) is 5.69 Å². The Hall–Kier alpha value is -3.94. The van der Waals surface area contributed by atoms with E-state index in [-0.39, 0.29) is 18.1 Å². The number of H-pyrrole nitrogens is 1. The van der Waals surface area contributed by atoms with Crippen LogP contribution in [0.5, 0.6) is 5.75 Å². The third-order valence-corrected chi connectivity index (χ3v) is 5.01. The van der Waals surface area contributed by atoms with E-state index in [4.69, 9.17) is 4.74 Å². The molecule has 8 heteroatoms. The summed E-state index contributed by atoms with van der Waals surface area (Å²) in [6.45, 7) is 6.04. The zero-order chi connectivity index (χ0) is 22.0. The normalized spacial score (nSPS) is 11.1. The molecule has 31 heavy (non-hydrogen) atoms. The van der Waals surface area contributed by atoms with E-state index < -0.39 is 0 Å². The molecule has 0 saturated carbocycles. The molecule has 4 rings (SSSR count). The van der Waals surface area contributed by atoms with Gasteiger partial charge >= 0.3 is 0 Å². The fourth-order valence-corrected chi connectivity index (χ4v) is 3.26. The number of anilines is 1. The number of aryl methyl sites for hydroxylation is 1. The van der Waals surface area contributed by atoms with Crippen LogP contribution >= 0.6 is 0 Å². The lowest BCUT2D eigenvalue weighted by molar-refractivity contribution is -0.118. The maximum Gasteiger partial charge on any atom is 0.262 e. The van der Waals surface area contributed by atoms with Crippen molar-refractivity contribution in [3.63, 3.8) is 0 Å². The zero-order valence-electron chi connectivity index (χ0n) is 17.5. The number of rotatable bonds is 6. The van der Waals surface area contributed by atoms with E-state index in [0.29, 0.717) is 34.1 Å². The number of hydrogen-bond acceptors (Lipinski definition) is 5. The monoisotopic (exact) mass is 417 g/mol. The molecule has 0 radical (unpaired) electrons. The van der Waals surface area contributed by atoms with Crippen molar-refractivity contribution in [2.45, 2.75) is 26.7 Å². The summed E-state index contributed by atoms with van der Waals surface area (Å²) in [5.74, 6) is 0.758. The number of hydrogen-bond donors (Lipinski definition) is 2. The van der Waals surface area contributed by atoms with Gasteiger partial charge in [-0.3, -0.25) is 9.59 Å². The molecule has 4 aromatic rings. The number of nitrogens with one attached hydrogen (secondary N) is 2. The number of aromatic amines is 1. The Morgan fingerprint density at radius 2 is 2.03 bits per heavy atom. The maximum absolute atomic E-state index is 12.6. The predicted molar refractivity (Wildman–Crippen MR) is 119 cm³/mol. The molecule has 2 heterocycles. The van der Waals surface area contributed by atoms with Gasteiger partial charge in [0.1, 0.15) is 11.1 Å². The average Bonchev–Trinajstić information content (AvgIpc) is 3.19. The predicted octanol–water partition coefficient (Wildman–Crippen LogP) is 3.56. The molecule has 0 aliphatic carbocycles. The highest BCUT2D eigenvalue weighted by atomic mass is 16.5. The van der Waals surface area contributed by atoms with Gasteiger partial charge in [0.05, 0.1) is 23.9 Å². The molecule has 0 unspecified atom stereocenters. The molecule has 0 aliphatic heterocycles. The second-order valence-electron chi connectivity index (χ2n) is 7.56. The Labute approximate surface area is 178 Å². The lowest BCUT2D eigenvalue weighted by atomic mass is 10.0. The van der Waals surface area contributed by atoms with Crippen molar-refractivity contribution >= 4 is 22.6 Å². The lowest BCUT2D eigenvalue weighted by Gasteiger charge is -2.14. The van der Waals surface area contributed by atoms with E-state index in [1.54, 1.807) is 12.1 Å². The van der Waals surface area contributed by atoms with Gasteiger partial charge in [0.2, 0.25) is 0 Å². The number of aromatic nitrogens is 4. The summed E-state index contributed by atoms with van der Waals surface area (Å²) in [5.41, 5.74) is 3.39. The fraction of sp³-hybridized carbons (Fsp3) is 0.217. The summed E-state index contributed by atoms with van der Waals surface area (Å²) in [6.07, 6.45) is 2.78. The summed E-state index contributed by atoms with van der Waals surface area (Å²) in [4.78, 5) is 31.3. The van der Waals surface area contributed by atoms with Crippen LogP contribution in [0.2, 0.25) is 0 Å². The van der Waals surface area contributed by atoms with E-state index in [9.17, 15) is 9.59 Å². The minimum absolute atomic E-state index is 0.130. The second kappa shape index (κ2) is 8.43. The minimum atomic E-state index is -0.302. The molecule has 0 bridgehead atoms. The Morgan fingerprint density at radius 3 is 2.84 bits per heavy atom. The van der Waals surface area contributed by atoms with E-state index in [1.807, 2.05) is 31.2 Å². The van der Waals surface area contributed by atoms with Crippen LogP contribution in [0, 0.1) is 6.92 Å². The van der Waals surface area contributed by atoms with Gasteiger partial charge in [-0.1, -0.05) is 38.1 Å². The maximum atomic E-state index is 12.6. The topological polar surface area (TPSA) is 102 Å². The van der Waals surface area contributed by atoms with Crippen LogP contribution in [0.3, 0.4) is 0 Å². The van der Waals surface area contributed by atoms with Crippen LogP contribution in [-0.2, 0) is 4.79 Å². The number of carbonyl (C=O) groups excluding carboxylic acids is 1. The second-order valence-corrected chi connectivity index (χ2v) is 7.56. The van der Waals surface area contributed by atoms with E-state index in [2.05, 4.69) is 40.3 Å². The highest BCUT2D eigenvalue weighted by Crippen LogP contribution is 2.25. The fourth-order valence-electron chi connectivity index (χ4n) is 3.26. The first-order valence-corrected chi connectivity index (χ1v) is 9.98. The smallest absolute Gasteiger partial charge is 0.262 e. The minimum Gasteiger partial charge on any atom is -0.483 e. The van der Waals surface area contributed by atoms with Crippen molar-refractivity contribution in [3.05, 3.63) is 76.5 Å². The van der Waals surface area contributed by atoms with Crippen LogP contribution < -0.4 is 15.6 Å². The number of benzene rings is 2. The molecule has 0 saturated heterocycles. The highest BCUT2D eigenvalue weighted by Gasteiger charge is 2.14. The molecular weight excluding hydrogens is 394 g/mol. The van der Waals surface area contributed by atoms with Gasteiger partial charge in [0.15, 0.2) is 12.3 Å². The molecule has 2 aromatic heterocycles. The Bertz CT molecular complexity index is 1310. The van der Waals surface area contributed by atoms with Crippen molar-refractivity contribution in [1.82, 2.24) is 19.7 Å². The molecule has 2 aromatic carbocycles. The van der Waals surface area contributed by atoms with Crippen LogP contribution in [0.25, 0.3) is 16.7 Å². The third-order valence-electron chi connectivity index (χ3n) is 5.01. The highest BCUT2D eigenvalue weighted by molar-refractivity contribution is 5.94. The standard InChI is InChI=1S/C23H23N5O3/c1-14(2)16-9-8-15(3)20(10-16)31-12-21(29)27-18-6-4-5-7-19(18)28-22-17(11-26-28)23(30)25-13-24-22/h4-11,13-14H,12H2,1-3H3,(H,27,29)(H,24,25,30). The van der Waals surface area contributed by atoms with Gasteiger partial charge < -0.3 is 15.0 Å². The summed E-state index contributed by atoms with van der Waals surface area (Å²) in [5, 5.41) is 7.51. The van der Waals surface area contributed by atoms with Gasteiger partial charge in [-0.2, -0.15) is 5.10 Å². The van der Waals surface area contributed by atoms with Gasteiger partial charge in [0, 0.05) is 0 Å².